The number of imidazole rings is 1. The first-order chi connectivity index (χ1) is 17.4. The van der Waals surface area contributed by atoms with Gasteiger partial charge in [-0.25, -0.2) is 9.37 Å². The van der Waals surface area contributed by atoms with Crippen LogP contribution in [-0.4, -0.2) is 26.4 Å². The van der Waals surface area contributed by atoms with E-state index in [0.29, 0.717) is 18.1 Å². The lowest BCUT2D eigenvalue weighted by molar-refractivity contribution is -0.129. The Morgan fingerprint density at radius 3 is 2.14 bits per heavy atom. The van der Waals surface area contributed by atoms with E-state index in [2.05, 4.69) is 10.6 Å². The van der Waals surface area contributed by atoms with Gasteiger partial charge < -0.3 is 15.5 Å². The Bertz CT molecular complexity index is 1410. The monoisotopic (exact) mass is 481 g/mol. The Morgan fingerprint density at radius 2 is 1.50 bits per heavy atom. The van der Waals surface area contributed by atoms with Crippen molar-refractivity contribution in [1.29, 1.82) is 0 Å². The maximum absolute atomic E-state index is 13.6. The van der Waals surface area contributed by atoms with Gasteiger partial charge in [0.05, 0.1) is 6.54 Å². The number of carbonyl (C=O) groups is 1. The second-order valence-corrected chi connectivity index (χ2v) is 9.09. The molecule has 1 unspecified atom stereocenters. The van der Waals surface area contributed by atoms with Crippen molar-refractivity contribution in [1.82, 2.24) is 14.5 Å². The van der Waals surface area contributed by atoms with Crippen molar-refractivity contribution < 1.29 is 9.18 Å². The molecule has 4 aromatic rings. The Kier molecular flexibility index (Phi) is 6.29. The summed E-state index contributed by atoms with van der Waals surface area (Å²) in [7, 11) is 0. The molecule has 0 aliphatic carbocycles. The molecule has 3 aromatic carbocycles. The van der Waals surface area contributed by atoms with E-state index in [1.54, 1.807) is 23.2 Å². The summed E-state index contributed by atoms with van der Waals surface area (Å²) in [4.78, 5) is 19.7. The number of halogens is 1. The van der Waals surface area contributed by atoms with Crippen LogP contribution in [0.2, 0.25) is 0 Å². The molecule has 0 fully saturated rings. The molecule has 0 bridgehead atoms. The van der Waals surface area contributed by atoms with Crippen LogP contribution >= 0.6 is 0 Å². The molecule has 1 aliphatic rings. The van der Waals surface area contributed by atoms with E-state index in [1.165, 1.54) is 12.1 Å². The highest BCUT2D eigenvalue weighted by Crippen LogP contribution is 2.34. The largest absolute Gasteiger partial charge is 0.374 e. The maximum Gasteiger partial charge on any atom is 0.249 e. The molecule has 2 N–H and O–H groups in total. The third kappa shape index (κ3) is 4.86. The van der Waals surface area contributed by atoms with Crippen molar-refractivity contribution >= 4 is 29.3 Å². The minimum absolute atomic E-state index is 0.0579. The summed E-state index contributed by atoms with van der Waals surface area (Å²) >= 11 is 0. The fraction of sp³-hybridized carbons (Fsp3) is 0.172. The van der Waals surface area contributed by atoms with Crippen LogP contribution < -0.4 is 10.6 Å². The predicted octanol–water partition coefficient (Wildman–Crippen LogP) is 6.32. The predicted molar refractivity (Wildman–Crippen MR) is 142 cm³/mol. The minimum Gasteiger partial charge on any atom is -0.374 e. The molecule has 0 radical (unpaired) electrons. The van der Waals surface area contributed by atoms with Gasteiger partial charge in [0, 0.05) is 29.3 Å². The van der Waals surface area contributed by atoms with E-state index in [0.717, 1.165) is 33.9 Å². The number of carbonyl (C=O) groups excluding carboxylic acids is 1. The SMILES string of the molecule is Cc1ccc(Nc2c(-c3ccc(F)cc3)nc3n2C=CN(C(=O)C(C)Nc2ccc(C)cc2)C3)cc1. The summed E-state index contributed by atoms with van der Waals surface area (Å²) < 4.78 is 15.5. The molecule has 1 aromatic heterocycles. The number of nitrogens with one attached hydrogen (secondary N) is 2. The van der Waals surface area contributed by atoms with Crippen molar-refractivity contribution in [2.45, 2.75) is 33.4 Å². The first kappa shape index (κ1) is 23.4. The third-order valence-electron chi connectivity index (χ3n) is 6.21. The van der Waals surface area contributed by atoms with Crippen LogP contribution in [0, 0.1) is 19.7 Å². The Balaban J connectivity index is 1.42. The molecule has 1 amide bonds. The molecule has 5 rings (SSSR count). The first-order valence-electron chi connectivity index (χ1n) is 11.9. The lowest BCUT2D eigenvalue weighted by Gasteiger charge is -2.26. The van der Waals surface area contributed by atoms with E-state index in [1.807, 2.05) is 80.1 Å². The van der Waals surface area contributed by atoms with Crippen molar-refractivity contribution in [3.05, 3.63) is 102 Å². The fourth-order valence-corrected chi connectivity index (χ4v) is 4.17. The molecule has 182 valence electrons. The average molecular weight is 482 g/mol. The lowest BCUT2D eigenvalue weighted by Crippen LogP contribution is -2.39. The third-order valence-corrected chi connectivity index (χ3v) is 6.21. The van der Waals surface area contributed by atoms with Crippen molar-refractivity contribution in [2.75, 3.05) is 10.6 Å². The van der Waals surface area contributed by atoms with E-state index in [-0.39, 0.29) is 11.7 Å². The molecule has 7 heteroatoms. The van der Waals surface area contributed by atoms with Gasteiger partial charge >= 0.3 is 0 Å². The Labute approximate surface area is 210 Å². The van der Waals surface area contributed by atoms with Gasteiger partial charge in [-0.05, 0) is 69.3 Å². The van der Waals surface area contributed by atoms with E-state index in [9.17, 15) is 9.18 Å². The van der Waals surface area contributed by atoms with E-state index < -0.39 is 6.04 Å². The zero-order chi connectivity index (χ0) is 25.2. The highest BCUT2D eigenvalue weighted by Gasteiger charge is 2.26. The normalized spacial score (nSPS) is 13.3. The van der Waals surface area contributed by atoms with Gasteiger partial charge in [-0.15, -0.1) is 0 Å². The number of rotatable bonds is 6. The number of hydrogen-bond acceptors (Lipinski definition) is 4. The molecule has 0 saturated heterocycles. The average Bonchev–Trinajstić information content (AvgIpc) is 3.24. The van der Waals surface area contributed by atoms with Crippen molar-refractivity contribution in [2.24, 2.45) is 0 Å². The number of aromatic nitrogens is 2. The van der Waals surface area contributed by atoms with Crippen molar-refractivity contribution in [3.63, 3.8) is 0 Å². The van der Waals surface area contributed by atoms with Crippen LogP contribution in [-0.2, 0) is 11.3 Å². The topological polar surface area (TPSA) is 62.2 Å². The number of hydrogen-bond donors (Lipinski definition) is 2. The maximum atomic E-state index is 13.6. The highest BCUT2D eigenvalue weighted by atomic mass is 19.1. The Morgan fingerprint density at radius 1 is 0.889 bits per heavy atom. The lowest BCUT2D eigenvalue weighted by atomic mass is 10.1. The summed E-state index contributed by atoms with van der Waals surface area (Å²) in [6.45, 7) is 6.24. The summed E-state index contributed by atoms with van der Waals surface area (Å²) in [5, 5.41) is 6.74. The van der Waals surface area contributed by atoms with Crippen LogP contribution in [0.4, 0.5) is 21.6 Å². The summed E-state index contributed by atoms with van der Waals surface area (Å²) in [6.07, 6.45) is 3.62. The number of benzene rings is 3. The molecule has 0 spiro atoms. The number of nitrogens with zero attached hydrogens (tertiary/aromatic N) is 3. The van der Waals surface area contributed by atoms with Gasteiger partial charge in [0.15, 0.2) is 0 Å². The van der Waals surface area contributed by atoms with Crippen LogP contribution in [0.5, 0.6) is 0 Å². The zero-order valence-corrected chi connectivity index (χ0v) is 20.5. The van der Waals surface area contributed by atoms with E-state index >= 15 is 0 Å². The number of aryl methyl sites for hydroxylation is 2. The molecular weight excluding hydrogens is 453 g/mol. The second kappa shape index (κ2) is 9.70. The number of amides is 1. The summed E-state index contributed by atoms with van der Waals surface area (Å²) in [5.41, 5.74) is 5.61. The highest BCUT2D eigenvalue weighted by molar-refractivity contribution is 5.86. The van der Waals surface area contributed by atoms with Gasteiger partial charge in [0.25, 0.3) is 0 Å². The van der Waals surface area contributed by atoms with Crippen LogP contribution in [0.1, 0.15) is 23.9 Å². The summed E-state index contributed by atoms with van der Waals surface area (Å²) in [5.74, 6) is 1.11. The van der Waals surface area contributed by atoms with Gasteiger partial charge in [0.1, 0.15) is 29.2 Å². The Hall–Kier alpha value is -4.39. The molecular formula is C29H28FN5O. The van der Waals surface area contributed by atoms with Gasteiger partial charge in [0.2, 0.25) is 5.91 Å². The van der Waals surface area contributed by atoms with Crippen LogP contribution in [0.3, 0.4) is 0 Å². The smallest absolute Gasteiger partial charge is 0.249 e. The first-order valence-corrected chi connectivity index (χ1v) is 11.9. The van der Waals surface area contributed by atoms with Gasteiger partial charge in [-0.2, -0.15) is 0 Å². The number of anilines is 3. The quantitative estimate of drug-likeness (QED) is 0.338. The fourth-order valence-electron chi connectivity index (χ4n) is 4.17. The van der Waals surface area contributed by atoms with Gasteiger partial charge in [-0.3, -0.25) is 9.36 Å². The second-order valence-electron chi connectivity index (χ2n) is 9.09. The van der Waals surface area contributed by atoms with Crippen molar-refractivity contribution in [3.8, 4) is 11.3 Å². The zero-order valence-electron chi connectivity index (χ0n) is 20.5. The van der Waals surface area contributed by atoms with Crippen LogP contribution in [0.15, 0.2) is 79.0 Å². The molecule has 2 heterocycles. The van der Waals surface area contributed by atoms with Crippen LogP contribution in [0.25, 0.3) is 17.5 Å². The molecule has 1 aliphatic heterocycles. The van der Waals surface area contributed by atoms with E-state index in [4.69, 9.17) is 4.98 Å². The molecule has 6 nitrogen and oxygen atoms in total. The molecule has 36 heavy (non-hydrogen) atoms. The minimum atomic E-state index is -0.416. The molecule has 1 atom stereocenters. The number of fused-ring (bicyclic) bond motifs is 1. The molecule has 0 saturated carbocycles. The summed E-state index contributed by atoms with van der Waals surface area (Å²) in [6, 6.07) is 21.9. The van der Waals surface area contributed by atoms with Gasteiger partial charge in [-0.1, -0.05) is 35.4 Å². The standard InChI is InChI=1S/C29H28FN5O/c1-19-4-12-24(13-5-19)31-21(3)29(36)34-16-17-35-26(18-34)33-27(22-8-10-23(30)11-9-22)28(35)32-25-14-6-20(2)7-15-25/h4-17,21,31-32H,18H2,1-3H3.